The Morgan fingerprint density at radius 2 is 1.69 bits per heavy atom. The lowest BCUT2D eigenvalue weighted by molar-refractivity contribution is 0.153. The van der Waals surface area contributed by atoms with Crippen LogP contribution in [0.15, 0.2) is 66.7 Å². The van der Waals surface area contributed by atoms with E-state index >= 15 is 0 Å². The Kier molecular flexibility index (Phi) is 7.75. The Bertz CT molecular complexity index is 1290. The summed E-state index contributed by atoms with van der Waals surface area (Å²) in [5.41, 5.74) is 5.16. The lowest BCUT2D eigenvalue weighted by Crippen LogP contribution is -2.32. The standard InChI is InChI=1S/C28H28F2N2O2.ClH/c1-34-23-11-9-22(10-12-23)32-26-13-8-21(30)17-24(26)25-18-31(16-14-27(25)32)15-2-3-28(33)19-4-6-20(29)7-5-19;/h4-13,17,28,33H,2-3,14-16,18H2,1H3;1H. The van der Waals surface area contributed by atoms with Gasteiger partial charge < -0.3 is 14.4 Å². The van der Waals surface area contributed by atoms with Gasteiger partial charge in [0.05, 0.1) is 18.7 Å². The van der Waals surface area contributed by atoms with Crippen LogP contribution >= 0.6 is 12.4 Å². The van der Waals surface area contributed by atoms with Gasteiger partial charge in [-0.3, -0.25) is 4.90 Å². The molecule has 0 amide bonds. The molecule has 5 rings (SSSR count). The third-order valence-electron chi connectivity index (χ3n) is 6.73. The molecule has 3 aromatic carbocycles. The molecule has 0 radical (unpaired) electrons. The number of ether oxygens (including phenoxy) is 1. The predicted molar refractivity (Wildman–Crippen MR) is 137 cm³/mol. The van der Waals surface area contributed by atoms with E-state index in [9.17, 15) is 13.9 Å². The molecule has 1 aliphatic rings. The fraction of sp³-hybridized carbons (Fsp3) is 0.286. The molecule has 4 nitrogen and oxygen atoms in total. The number of benzene rings is 3. The van der Waals surface area contributed by atoms with Crippen molar-refractivity contribution in [1.29, 1.82) is 0 Å². The van der Waals surface area contributed by atoms with E-state index in [0.717, 1.165) is 65.9 Å². The van der Waals surface area contributed by atoms with E-state index in [1.807, 2.05) is 30.3 Å². The molecule has 2 heterocycles. The van der Waals surface area contributed by atoms with Gasteiger partial charge in [0.15, 0.2) is 0 Å². The SMILES string of the molecule is COc1ccc(-n2c3c(c4cc(F)ccc42)CN(CCCC(O)c2ccc(F)cc2)CC3)cc1.Cl. The number of methoxy groups -OCH3 is 1. The number of aliphatic hydroxyl groups is 1. The third kappa shape index (κ3) is 5.20. The van der Waals surface area contributed by atoms with Gasteiger partial charge in [0.1, 0.15) is 17.4 Å². The van der Waals surface area contributed by atoms with Crippen molar-refractivity contribution < 1.29 is 18.6 Å². The molecule has 0 saturated heterocycles. The zero-order valence-corrected chi connectivity index (χ0v) is 20.4. The molecule has 1 aliphatic heterocycles. The van der Waals surface area contributed by atoms with E-state index in [0.29, 0.717) is 6.42 Å². The maximum atomic E-state index is 14.2. The molecule has 1 atom stereocenters. The lowest BCUT2D eigenvalue weighted by atomic mass is 10.0. The first-order valence-corrected chi connectivity index (χ1v) is 11.7. The summed E-state index contributed by atoms with van der Waals surface area (Å²) in [5.74, 6) is 0.265. The van der Waals surface area contributed by atoms with Crippen LogP contribution in [0.4, 0.5) is 8.78 Å². The number of hydrogen-bond acceptors (Lipinski definition) is 3. The molecule has 35 heavy (non-hydrogen) atoms. The number of fused-ring (bicyclic) bond motifs is 3. The monoisotopic (exact) mass is 498 g/mol. The number of halogens is 3. The lowest BCUT2D eigenvalue weighted by Gasteiger charge is -2.28. The number of hydrogen-bond donors (Lipinski definition) is 1. The van der Waals surface area contributed by atoms with Gasteiger partial charge in [-0.25, -0.2) is 8.78 Å². The summed E-state index contributed by atoms with van der Waals surface area (Å²) in [6.45, 7) is 2.47. The first-order chi connectivity index (χ1) is 16.5. The highest BCUT2D eigenvalue weighted by atomic mass is 35.5. The maximum Gasteiger partial charge on any atom is 0.123 e. The van der Waals surface area contributed by atoms with Crippen molar-refractivity contribution in [2.75, 3.05) is 20.2 Å². The van der Waals surface area contributed by atoms with Crippen molar-refractivity contribution in [1.82, 2.24) is 9.47 Å². The van der Waals surface area contributed by atoms with Crippen molar-refractivity contribution in [2.45, 2.75) is 31.9 Å². The quantitative estimate of drug-likeness (QED) is 0.329. The number of aromatic nitrogens is 1. The second-order valence-corrected chi connectivity index (χ2v) is 8.86. The van der Waals surface area contributed by atoms with E-state index in [1.54, 1.807) is 25.3 Å². The average Bonchev–Trinajstić information content (AvgIpc) is 3.17. The molecule has 4 aromatic rings. The van der Waals surface area contributed by atoms with E-state index in [2.05, 4.69) is 9.47 Å². The van der Waals surface area contributed by atoms with Crippen LogP contribution in [0, 0.1) is 11.6 Å². The van der Waals surface area contributed by atoms with Crippen LogP contribution in [0.3, 0.4) is 0 Å². The van der Waals surface area contributed by atoms with Gasteiger partial charge >= 0.3 is 0 Å². The molecule has 1 unspecified atom stereocenters. The summed E-state index contributed by atoms with van der Waals surface area (Å²) in [6, 6.07) is 19.0. The molecule has 184 valence electrons. The number of rotatable bonds is 7. The summed E-state index contributed by atoms with van der Waals surface area (Å²) in [7, 11) is 1.65. The minimum atomic E-state index is -0.605. The van der Waals surface area contributed by atoms with E-state index in [4.69, 9.17) is 4.74 Å². The van der Waals surface area contributed by atoms with Crippen LogP contribution in [0.2, 0.25) is 0 Å². The fourth-order valence-corrected chi connectivity index (χ4v) is 4.96. The smallest absolute Gasteiger partial charge is 0.123 e. The molecule has 1 N–H and O–H groups in total. The summed E-state index contributed by atoms with van der Waals surface area (Å²) in [6.07, 6.45) is 1.68. The van der Waals surface area contributed by atoms with Crippen LogP contribution in [-0.2, 0) is 13.0 Å². The molecule has 0 fully saturated rings. The van der Waals surface area contributed by atoms with Crippen LogP contribution in [0.5, 0.6) is 5.75 Å². The normalized spacial score (nSPS) is 14.4. The van der Waals surface area contributed by atoms with Gasteiger partial charge in [-0.05, 0) is 85.1 Å². The minimum Gasteiger partial charge on any atom is -0.497 e. The van der Waals surface area contributed by atoms with Crippen molar-refractivity contribution in [3.63, 3.8) is 0 Å². The Morgan fingerprint density at radius 1 is 0.971 bits per heavy atom. The van der Waals surface area contributed by atoms with Crippen molar-refractivity contribution in [2.24, 2.45) is 0 Å². The zero-order chi connectivity index (χ0) is 23.7. The summed E-state index contributed by atoms with van der Waals surface area (Å²) in [4.78, 5) is 2.36. The summed E-state index contributed by atoms with van der Waals surface area (Å²) < 4.78 is 34.9. The van der Waals surface area contributed by atoms with Gasteiger partial charge in [-0.15, -0.1) is 12.4 Å². The van der Waals surface area contributed by atoms with Crippen LogP contribution in [0.1, 0.15) is 35.8 Å². The Labute approximate surface area is 210 Å². The Balaban J connectivity index is 0.00000289. The molecular weight excluding hydrogens is 470 g/mol. The van der Waals surface area contributed by atoms with E-state index < -0.39 is 6.10 Å². The van der Waals surface area contributed by atoms with Crippen molar-refractivity contribution in [3.05, 3.63) is 95.2 Å². The molecule has 1 aromatic heterocycles. The minimum absolute atomic E-state index is 0. The highest BCUT2D eigenvalue weighted by molar-refractivity contribution is 5.87. The second-order valence-electron chi connectivity index (χ2n) is 8.86. The van der Waals surface area contributed by atoms with Crippen molar-refractivity contribution in [3.8, 4) is 11.4 Å². The molecule has 7 heteroatoms. The average molecular weight is 499 g/mol. The van der Waals surface area contributed by atoms with Crippen LogP contribution < -0.4 is 4.74 Å². The predicted octanol–water partition coefficient (Wildman–Crippen LogP) is 6.21. The summed E-state index contributed by atoms with van der Waals surface area (Å²) in [5, 5.41) is 11.4. The molecular formula is C28H29ClF2N2O2. The van der Waals surface area contributed by atoms with Gasteiger partial charge in [0.2, 0.25) is 0 Å². The molecule has 0 saturated carbocycles. The van der Waals surface area contributed by atoms with E-state index in [1.165, 1.54) is 23.9 Å². The molecule has 0 bridgehead atoms. The van der Waals surface area contributed by atoms with Gasteiger partial charge in [-0.1, -0.05) is 12.1 Å². The summed E-state index contributed by atoms with van der Waals surface area (Å²) >= 11 is 0. The topological polar surface area (TPSA) is 37.6 Å². The highest BCUT2D eigenvalue weighted by Gasteiger charge is 2.25. The largest absolute Gasteiger partial charge is 0.497 e. The fourth-order valence-electron chi connectivity index (χ4n) is 4.96. The van der Waals surface area contributed by atoms with E-state index in [-0.39, 0.29) is 24.0 Å². The van der Waals surface area contributed by atoms with Gasteiger partial charge in [0.25, 0.3) is 0 Å². The second kappa shape index (κ2) is 10.8. The van der Waals surface area contributed by atoms with Gasteiger partial charge in [-0.2, -0.15) is 0 Å². The first-order valence-electron chi connectivity index (χ1n) is 11.7. The third-order valence-corrected chi connectivity index (χ3v) is 6.73. The maximum absolute atomic E-state index is 14.2. The van der Waals surface area contributed by atoms with Crippen LogP contribution in [-0.4, -0.2) is 34.8 Å². The number of aliphatic hydroxyl groups excluding tert-OH is 1. The Morgan fingerprint density at radius 3 is 2.40 bits per heavy atom. The molecule has 0 aliphatic carbocycles. The van der Waals surface area contributed by atoms with Gasteiger partial charge in [0, 0.05) is 36.3 Å². The van der Waals surface area contributed by atoms with Crippen molar-refractivity contribution >= 4 is 23.3 Å². The van der Waals surface area contributed by atoms with Crippen LogP contribution in [0.25, 0.3) is 16.6 Å². The Hall–Kier alpha value is -2.93. The zero-order valence-electron chi connectivity index (χ0n) is 19.6. The first kappa shape index (κ1) is 25.2. The molecule has 0 spiro atoms. The number of nitrogens with zero attached hydrogens (tertiary/aromatic N) is 2. The highest BCUT2D eigenvalue weighted by Crippen LogP contribution is 2.34.